The SMILES string of the molecule is CC(C)(C)OC(=O)NCc1ccc(CNC2CCNCC2)cc1. The molecule has 23 heavy (non-hydrogen) atoms. The van der Waals surface area contributed by atoms with Crippen molar-refractivity contribution in [3.8, 4) is 0 Å². The Morgan fingerprint density at radius 2 is 1.70 bits per heavy atom. The third-order valence-corrected chi connectivity index (χ3v) is 3.79. The molecule has 1 aliphatic rings. The highest BCUT2D eigenvalue weighted by molar-refractivity contribution is 5.67. The lowest BCUT2D eigenvalue weighted by atomic mass is 10.1. The number of rotatable bonds is 5. The second-order valence-corrected chi connectivity index (χ2v) is 7.08. The number of piperidine rings is 1. The summed E-state index contributed by atoms with van der Waals surface area (Å²) < 4.78 is 5.22. The van der Waals surface area contributed by atoms with Gasteiger partial charge in [0.2, 0.25) is 0 Å². The summed E-state index contributed by atoms with van der Waals surface area (Å²) in [5, 5.41) is 9.75. The van der Waals surface area contributed by atoms with Crippen LogP contribution in [-0.2, 0) is 17.8 Å². The Morgan fingerprint density at radius 3 is 2.26 bits per heavy atom. The van der Waals surface area contributed by atoms with Gasteiger partial charge in [-0.1, -0.05) is 24.3 Å². The Morgan fingerprint density at radius 1 is 1.13 bits per heavy atom. The molecule has 1 fully saturated rings. The van der Waals surface area contributed by atoms with Crippen molar-refractivity contribution >= 4 is 6.09 Å². The Hall–Kier alpha value is -1.59. The molecule has 1 amide bonds. The second-order valence-electron chi connectivity index (χ2n) is 7.08. The normalized spacial score (nSPS) is 16.1. The van der Waals surface area contributed by atoms with Crippen LogP contribution in [0.2, 0.25) is 0 Å². The largest absolute Gasteiger partial charge is 0.444 e. The second kappa shape index (κ2) is 8.31. The van der Waals surface area contributed by atoms with E-state index < -0.39 is 5.60 Å². The third kappa shape index (κ3) is 7.01. The molecule has 1 saturated heterocycles. The number of alkyl carbamates (subject to hydrolysis) is 1. The number of hydrogen-bond donors (Lipinski definition) is 3. The average Bonchev–Trinajstić information content (AvgIpc) is 2.51. The summed E-state index contributed by atoms with van der Waals surface area (Å²) in [7, 11) is 0. The third-order valence-electron chi connectivity index (χ3n) is 3.79. The summed E-state index contributed by atoms with van der Waals surface area (Å²) in [6, 6.07) is 8.94. The van der Waals surface area contributed by atoms with E-state index in [4.69, 9.17) is 4.74 Å². The molecular formula is C18H29N3O2. The van der Waals surface area contributed by atoms with Crippen molar-refractivity contribution in [2.24, 2.45) is 0 Å². The van der Waals surface area contributed by atoms with Crippen LogP contribution < -0.4 is 16.0 Å². The van der Waals surface area contributed by atoms with Crippen molar-refractivity contribution in [1.29, 1.82) is 0 Å². The molecule has 5 heteroatoms. The molecule has 1 heterocycles. The number of benzene rings is 1. The summed E-state index contributed by atoms with van der Waals surface area (Å²) >= 11 is 0. The zero-order valence-electron chi connectivity index (χ0n) is 14.4. The topological polar surface area (TPSA) is 62.4 Å². The molecule has 3 N–H and O–H groups in total. The van der Waals surface area contributed by atoms with Gasteiger partial charge in [-0.25, -0.2) is 4.79 Å². The van der Waals surface area contributed by atoms with Crippen molar-refractivity contribution < 1.29 is 9.53 Å². The van der Waals surface area contributed by atoms with Crippen LogP contribution in [0.1, 0.15) is 44.7 Å². The van der Waals surface area contributed by atoms with Gasteiger partial charge in [0.1, 0.15) is 5.60 Å². The lowest BCUT2D eigenvalue weighted by Gasteiger charge is -2.23. The number of carbonyl (C=O) groups excluding carboxylic acids is 1. The summed E-state index contributed by atoms with van der Waals surface area (Å²) in [6.07, 6.45) is 2.00. The minimum atomic E-state index is -0.464. The first-order valence-corrected chi connectivity index (χ1v) is 8.41. The van der Waals surface area contributed by atoms with Gasteiger partial charge in [-0.3, -0.25) is 0 Å². The van der Waals surface area contributed by atoms with Crippen LogP contribution in [-0.4, -0.2) is 30.8 Å². The van der Waals surface area contributed by atoms with Crippen molar-refractivity contribution in [1.82, 2.24) is 16.0 Å². The van der Waals surface area contributed by atoms with E-state index in [0.717, 1.165) is 25.2 Å². The highest BCUT2D eigenvalue weighted by Gasteiger charge is 2.15. The van der Waals surface area contributed by atoms with Gasteiger partial charge in [-0.2, -0.15) is 0 Å². The molecule has 0 radical (unpaired) electrons. The monoisotopic (exact) mass is 319 g/mol. The predicted octanol–water partition coefficient (Wildman–Crippen LogP) is 2.55. The molecule has 0 atom stereocenters. The van der Waals surface area contributed by atoms with E-state index in [0.29, 0.717) is 12.6 Å². The fraction of sp³-hybridized carbons (Fsp3) is 0.611. The molecule has 1 aliphatic heterocycles. The predicted molar refractivity (Wildman–Crippen MR) is 92.2 cm³/mol. The van der Waals surface area contributed by atoms with Crippen molar-refractivity contribution in [3.63, 3.8) is 0 Å². The van der Waals surface area contributed by atoms with Crippen LogP contribution in [0.4, 0.5) is 4.79 Å². The highest BCUT2D eigenvalue weighted by Crippen LogP contribution is 2.09. The van der Waals surface area contributed by atoms with E-state index in [9.17, 15) is 4.79 Å². The molecule has 5 nitrogen and oxygen atoms in total. The lowest BCUT2D eigenvalue weighted by Crippen LogP contribution is -2.39. The van der Waals surface area contributed by atoms with E-state index in [-0.39, 0.29) is 6.09 Å². The minimum absolute atomic E-state index is 0.380. The first kappa shape index (κ1) is 17.8. The first-order valence-electron chi connectivity index (χ1n) is 8.41. The molecule has 2 rings (SSSR count). The van der Waals surface area contributed by atoms with E-state index in [1.807, 2.05) is 20.8 Å². The molecule has 1 aromatic carbocycles. The number of nitrogens with one attached hydrogen (secondary N) is 3. The number of ether oxygens (including phenoxy) is 1. The molecule has 128 valence electrons. The van der Waals surface area contributed by atoms with Crippen LogP contribution in [0.25, 0.3) is 0 Å². The van der Waals surface area contributed by atoms with Crippen molar-refractivity contribution in [2.45, 2.75) is 58.3 Å². The van der Waals surface area contributed by atoms with Gasteiger partial charge in [0, 0.05) is 19.1 Å². The van der Waals surface area contributed by atoms with Crippen LogP contribution in [0, 0.1) is 0 Å². The molecule has 0 saturated carbocycles. The maximum atomic E-state index is 11.6. The maximum absolute atomic E-state index is 11.6. The van der Waals surface area contributed by atoms with Crippen molar-refractivity contribution in [3.05, 3.63) is 35.4 Å². The molecule has 0 bridgehead atoms. The Bertz CT molecular complexity index is 488. The Balaban J connectivity index is 1.72. The van der Waals surface area contributed by atoms with Gasteiger partial charge in [-0.05, 0) is 57.8 Å². The van der Waals surface area contributed by atoms with E-state index in [2.05, 4.69) is 40.2 Å². The van der Waals surface area contributed by atoms with Crippen LogP contribution in [0.15, 0.2) is 24.3 Å². The van der Waals surface area contributed by atoms with E-state index >= 15 is 0 Å². The summed E-state index contributed by atoms with van der Waals surface area (Å²) in [5.74, 6) is 0. The zero-order chi connectivity index (χ0) is 16.7. The van der Waals surface area contributed by atoms with Gasteiger partial charge < -0.3 is 20.7 Å². The van der Waals surface area contributed by atoms with E-state index in [1.165, 1.54) is 18.4 Å². The zero-order valence-corrected chi connectivity index (χ0v) is 14.4. The molecule has 0 aromatic heterocycles. The van der Waals surface area contributed by atoms with Gasteiger partial charge in [-0.15, -0.1) is 0 Å². The highest BCUT2D eigenvalue weighted by atomic mass is 16.6. The molecular weight excluding hydrogens is 290 g/mol. The van der Waals surface area contributed by atoms with Gasteiger partial charge in [0.25, 0.3) is 0 Å². The molecule has 0 aliphatic carbocycles. The fourth-order valence-electron chi connectivity index (χ4n) is 2.55. The average molecular weight is 319 g/mol. The van der Waals surface area contributed by atoms with Crippen molar-refractivity contribution in [2.75, 3.05) is 13.1 Å². The van der Waals surface area contributed by atoms with Crippen LogP contribution in [0.3, 0.4) is 0 Å². The van der Waals surface area contributed by atoms with Gasteiger partial charge >= 0.3 is 6.09 Å². The Labute approximate surface area is 139 Å². The number of hydrogen-bond acceptors (Lipinski definition) is 4. The quantitative estimate of drug-likeness (QED) is 0.780. The Kier molecular flexibility index (Phi) is 6.42. The van der Waals surface area contributed by atoms with Crippen LogP contribution in [0.5, 0.6) is 0 Å². The summed E-state index contributed by atoms with van der Waals surface area (Å²) in [4.78, 5) is 11.6. The first-order chi connectivity index (χ1) is 10.9. The van der Waals surface area contributed by atoms with Gasteiger partial charge in [0.15, 0.2) is 0 Å². The molecule has 0 unspecified atom stereocenters. The molecule has 1 aromatic rings. The summed E-state index contributed by atoms with van der Waals surface area (Å²) in [5.41, 5.74) is 1.87. The van der Waals surface area contributed by atoms with Gasteiger partial charge in [0.05, 0.1) is 0 Å². The molecule has 0 spiro atoms. The standard InChI is InChI=1S/C18H29N3O2/c1-18(2,3)23-17(22)21-13-15-6-4-14(5-7-15)12-20-16-8-10-19-11-9-16/h4-7,16,19-20H,8-13H2,1-3H3,(H,21,22). The van der Waals surface area contributed by atoms with Crippen LogP contribution >= 0.6 is 0 Å². The van der Waals surface area contributed by atoms with E-state index in [1.54, 1.807) is 0 Å². The number of carbonyl (C=O) groups is 1. The lowest BCUT2D eigenvalue weighted by molar-refractivity contribution is 0.0523. The fourth-order valence-corrected chi connectivity index (χ4v) is 2.55. The number of amides is 1. The smallest absolute Gasteiger partial charge is 0.407 e. The summed E-state index contributed by atoms with van der Waals surface area (Å²) in [6.45, 7) is 9.16. The minimum Gasteiger partial charge on any atom is -0.444 e. The maximum Gasteiger partial charge on any atom is 0.407 e.